The van der Waals surface area contributed by atoms with E-state index < -0.39 is 0 Å². The summed E-state index contributed by atoms with van der Waals surface area (Å²) in [5.74, 6) is 1.80. The molecule has 0 atom stereocenters. The van der Waals surface area contributed by atoms with Gasteiger partial charge >= 0.3 is 0 Å². The van der Waals surface area contributed by atoms with Gasteiger partial charge in [0.25, 0.3) is 0 Å². The molecule has 0 spiro atoms. The van der Waals surface area contributed by atoms with Gasteiger partial charge in [0.1, 0.15) is 11.6 Å². The molecule has 0 N–H and O–H groups in total. The molecule has 0 saturated heterocycles. The summed E-state index contributed by atoms with van der Waals surface area (Å²) < 4.78 is 0. The van der Waals surface area contributed by atoms with E-state index in [-0.39, 0.29) is 10.8 Å². The van der Waals surface area contributed by atoms with Crippen molar-refractivity contribution in [3.8, 4) is 0 Å². The van der Waals surface area contributed by atoms with E-state index in [4.69, 9.17) is 9.97 Å². The van der Waals surface area contributed by atoms with Gasteiger partial charge in [-0.1, -0.05) is 114 Å². The number of pyridine rings is 2. The Morgan fingerprint density at radius 3 is 1.12 bits per heavy atom. The van der Waals surface area contributed by atoms with Gasteiger partial charge in [0, 0.05) is 33.5 Å². The second-order valence-electron chi connectivity index (χ2n) is 16.1. The zero-order valence-electron chi connectivity index (χ0n) is 31.5. The highest BCUT2D eigenvalue weighted by molar-refractivity contribution is 6.28. The van der Waals surface area contributed by atoms with Crippen LogP contribution in [0.15, 0.2) is 133 Å². The summed E-state index contributed by atoms with van der Waals surface area (Å²) in [6.45, 7) is 17.7. The quantitative estimate of drug-likeness (QED) is 0.164. The van der Waals surface area contributed by atoms with Crippen LogP contribution in [0.25, 0.3) is 32.3 Å². The first-order valence-corrected chi connectivity index (χ1v) is 18.3. The third-order valence-corrected chi connectivity index (χ3v) is 10.3. The smallest absolute Gasteiger partial charge is 0.137 e. The molecule has 0 amide bonds. The van der Waals surface area contributed by atoms with Crippen LogP contribution >= 0.6 is 0 Å². The molecule has 0 aliphatic carbocycles. The van der Waals surface area contributed by atoms with Crippen molar-refractivity contribution < 1.29 is 0 Å². The minimum absolute atomic E-state index is 0.0616. The van der Waals surface area contributed by atoms with E-state index in [1.54, 1.807) is 0 Å². The van der Waals surface area contributed by atoms with Crippen LogP contribution in [0.3, 0.4) is 0 Å². The fraction of sp³-hybridized carbons (Fsp3) is 0.208. The fourth-order valence-corrected chi connectivity index (χ4v) is 7.48. The minimum atomic E-state index is 0.0616. The van der Waals surface area contributed by atoms with E-state index in [1.807, 2.05) is 0 Å². The number of hydrogen-bond acceptors (Lipinski definition) is 4. The predicted octanol–water partition coefficient (Wildman–Crippen LogP) is 13.5. The van der Waals surface area contributed by atoms with Crippen molar-refractivity contribution in [1.82, 2.24) is 9.97 Å². The molecule has 6 aromatic carbocycles. The second kappa shape index (κ2) is 12.5. The molecule has 2 heterocycles. The number of hydrogen-bond donors (Lipinski definition) is 0. The lowest BCUT2D eigenvalue weighted by molar-refractivity contribution is 0.590. The molecule has 8 rings (SSSR count). The average Bonchev–Trinajstić information content (AvgIpc) is 3.11. The molecular weight excluding hydrogens is 633 g/mol. The number of anilines is 6. The maximum atomic E-state index is 5.05. The van der Waals surface area contributed by atoms with Gasteiger partial charge in [0.15, 0.2) is 0 Å². The van der Waals surface area contributed by atoms with Gasteiger partial charge < -0.3 is 0 Å². The van der Waals surface area contributed by atoms with E-state index in [0.29, 0.717) is 0 Å². The molecule has 4 heteroatoms. The molecular formula is C48H46N4. The third-order valence-electron chi connectivity index (χ3n) is 10.3. The van der Waals surface area contributed by atoms with Gasteiger partial charge in [-0.05, 0) is 118 Å². The third kappa shape index (κ3) is 5.92. The van der Waals surface area contributed by atoms with Gasteiger partial charge in [-0.15, -0.1) is 0 Å². The van der Waals surface area contributed by atoms with Gasteiger partial charge in [-0.25, -0.2) is 9.97 Å². The summed E-state index contributed by atoms with van der Waals surface area (Å²) in [6, 6.07) is 48.6. The molecule has 8 aromatic rings. The summed E-state index contributed by atoms with van der Waals surface area (Å²) in [7, 11) is 0. The SMILES string of the molecule is Cc1cccc(N(c2ccc(C(C)(C)C)cc2)c2ccc3ccc4c(N(c5ccc(C(C)(C)C)cc5)c5cccc(C)n5)ccc5ccc2c3c54)n1. The zero-order chi connectivity index (χ0) is 36.4. The molecule has 0 unspecified atom stereocenters. The van der Waals surface area contributed by atoms with Gasteiger partial charge in [0.2, 0.25) is 0 Å². The van der Waals surface area contributed by atoms with Crippen LogP contribution in [0.1, 0.15) is 64.1 Å². The van der Waals surface area contributed by atoms with E-state index in [2.05, 4.69) is 199 Å². The van der Waals surface area contributed by atoms with Crippen LogP contribution in [-0.4, -0.2) is 9.97 Å². The number of aromatic nitrogens is 2. The highest BCUT2D eigenvalue weighted by Gasteiger charge is 2.24. The molecule has 0 fully saturated rings. The predicted molar refractivity (Wildman–Crippen MR) is 222 cm³/mol. The first-order valence-electron chi connectivity index (χ1n) is 18.3. The monoisotopic (exact) mass is 678 g/mol. The number of benzene rings is 6. The van der Waals surface area contributed by atoms with Gasteiger partial charge in [-0.3, -0.25) is 9.80 Å². The molecule has 258 valence electrons. The van der Waals surface area contributed by atoms with Crippen LogP contribution in [0.2, 0.25) is 0 Å². The minimum Gasteiger partial charge on any atom is -0.294 e. The average molecular weight is 679 g/mol. The summed E-state index contributed by atoms with van der Waals surface area (Å²) in [6.07, 6.45) is 0. The van der Waals surface area contributed by atoms with Crippen LogP contribution in [0.4, 0.5) is 34.4 Å². The standard InChI is InChI=1S/C48H46N4/c1-31-11-9-13-43(49-31)51(37-23-19-35(20-24-37)47(3,4)5)41-29-17-33-16-28-40-42(30-18-34-15-27-39(41)45(33)46(34)40)52(44-14-10-12-32(2)50-44)38-25-21-36(22-26-38)48(6,7)8/h9-30H,1-8H3. The Hall–Kier alpha value is -5.74. The molecule has 52 heavy (non-hydrogen) atoms. The molecule has 4 nitrogen and oxygen atoms in total. The van der Waals surface area contributed by atoms with E-state index in [1.165, 1.54) is 43.4 Å². The van der Waals surface area contributed by atoms with Crippen LogP contribution in [-0.2, 0) is 10.8 Å². The van der Waals surface area contributed by atoms with Crippen LogP contribution in [0, 0.1) is 13.8 Å². The zero-order valence-corrected chi connectivity index (χ0v) is 31.5. The molecule has 0 saturated carbocycles. The molecule has 0 radical (unpaired) electrons. The summed E-state index contributed by atoms with van der Waals surface area (Å²) >= 11 is 0. The van der Waals surface area contributed by atoms with Crippen LogP contribution < -0.4 is 9.80 Å². The number of aryl methyl sites for hydroxylation is 2. The van der Waals surface area contributed by atoms with Crippen molar-refractivity contribution >= 4 is 66.7 Å². The number of rotatable bonds is 6. The normalized spacial score (nSPS) is 12.2. The maximum absolute atomic E-state index is 5.05. The van der Waals surface area contributed by atoms with Gasteiger partial charge in [-0.2, -0.15) is 0 Å². The molecule has 0 aliphatic rings. The molecule has 0 bridgehead atoms. The lowest BCUT2D eigenvalue weighted by atomic mass is 9.87. The Bertz CT molecular complexity index is 2370. The van der Waals surface area contributed by atoms with Gasteiger partial charge in [0.05, 0.1) is 11.4 Å². The maximum Gasteiger partial charge on any atom is 0.137 e. The van der Waals surface area contributed by atoms with Crippen molar-refractivity contribution in [2.75, 3.05) is 9.80 Å². The number of nitrogens with zero attached hydrogens (tertiary/aromatic N) is 4. The van der Waals surface area contributed by atoms with E-state index in [0.717, 1.165) is 45.8 Å². The lowest BCUT2D eigenvalue weighted by Crippen LogP contribution is -2.15. The highest BCUT2D eigenvalue weighted by atomic mass is 15.2. The Morgan fingerprint density at radius 2 is 0.769 bits per heavy atom. The van der Waals surface area contributed by atoms with Crippen molar-refractivity contribution in [2.45, 2.75) is 66.2 Å². The van der Waals surface area contributed by atoms with E-state index >= 15 is 0 Å². The molecule has 0 aliphatic heterocycles. The Kier molecular flexibility index (Phi) is 8.02. The lowest BCUT2D eigenvalue weighted by Gasteiger charge is -2.29. The van der Waals surface area contributed by atoms with Crippen molar-refractivity contribution in [2.24, 2.45) is 0 Å². The topological polar surface area (TPSA) is 32.3 Å². The fourth-order valence-electron chi connectivity index (χ4n) is 7.48. The summed E-state index contributed by atoms with van der Waals surface area (Å²) in [5, 5.41) is 7.29. The highest BCUT2D eigenvalue weighted by Crippen LogP contribution is 2.47. The summed E-state index contributed by atoms with van der Waals surface area (Å²) in [5.41, 5.74) is 9.06. The Morgan fingerprint density at radius 1 is 0.404 bits per heavy atom. The van der Waals surface area contributed by atoms with Crippen LogP contribution in [0.5, 0.6) is 0 Å². The first kappa shape index (κ1) is 33.4. The Balaban J connectivity index is 1.37. The van der Waals surface area contributed by atoms with Crippen molar-refractivity contribution in [3.63, 3.8) is 0 Å². The van der Waals surface area contributed by atoms with Crippen molar-refractivity contribution in [3.05, 3.63) is 156 Å². The van der Waals surface area contributed by atoms with Crippen molar-refractivity contribution in [1.29, 1.82) is 0 Å². The Labute approximate surface area is 307 Å². The second-order valence-corrected chi connectivity index (χ2v) is 16.1. The van der Waals surface area contributed by atoms with E-state index in [9.17, 15) is 0 Å². The largest absolute Gasteiger partial charge is 0.294 e. The molecule has 2 aromatic heterocycles. The summed E-state index contributed by atoms with van der Waals surface area (Å²) in [4.78, 5) is 14.7. The first-order chi connectivity index (χ1) is 24.9.